The van der Waals surface area contributed by atoms with E-state index in [1.165, 1.54) is 26.2 Å². The van der Waals surface area contributed by atoms with Gasteiger partial charge in [-0.05, 0) is 13.3 Å². The number of hydrogen-bond acceptors (Lipinski definition) is 3. The van der Waals surface area contributed by atoms with Crippen LogP contribution in [0.1, 0.15) is 46.6 Å². The van der Waals surface area contributed by atoms with Crippen LogP contribution in [0, 0.1) is 6.92 Å². The number of carboxylic acids is 1. The van der Waals surface area contributed by atoms with Gasteiger partial charge in [0.1, 0.15) is 4.88 Å². The summed E-state index contributed by atoms with van der Waals surface area (Å²) in [7, 11) is 0. The minimum Gasteiger partial charge on any atom is -0.477 e. The molecule has 0 radical (unpaired) electrons. The molecule has 0 atom stereocenters. The van der Waals surface area contributed by atoms with Gasteiger partial charge in [0.25, 0.3) is 0 Å². The summed E-state index contributed by atoms with van der Waals surface area (Å²) in [5.74, 6) is -0.772. The third-order valence-electron chi connectivity index (χ3n) is 1.93. The van der Waals surface area contributed by atoms with E-state index in [1.807, 2.05) is 0 Å². The Morgan fingerprint density at radius 1 is 1.42 bits per heavy atom. The molecule has 1 aromatic rings. The zero-order valence-corrected chi connectivity index (χ0v) is 12.1. The van der Waals surface area contributed by atoms with E-state index in [0.717, 1.165) is 5.88 Å². The second-order valence-electron chi connectivity index (χ2n) is 3.61. The molecule has 0 unspecified atom stereocenters. The third-order valence-corrected chi connectivity index (χ3v) is 3.16. The van der Waals surface area contributed by atoms with E-state index in [4.69, 9.17) is 16.7 Å². The highest BCUT2D eigenvalue weighted by Gasteiger charge is 2.39. The number of rotatable bonds is 4. The number of carbonyl (C=O) groups is 1. The van der Waals surface area contributed by atoms with E-state index >= 15 is 0 Å². The van der Waals surface area contributed by atoms with E-state index in [2.05, 4.69) is 11.9 Å². The number of aryl methyl sites for hydroxylation is 1. The molecule has 1 heterocycles. The maximum Gasteiger partial charge on any atom is 0.435 e. The first kappa shape index (κ1) is 18.2. The first-order valence-corrected chi connectivity index (χ1v) is 6.93. The molecule has 3 nitrogen and oxygen atoms in total. The van der Waals surface area contributed by atoms with Crippen molar-refractivity contribution in [3.63, 3.8) is 0 Å². The number of aromatic carboxylic acids is 1. The molecule has 19 heavy (non-hydrogen) atoms. The highest BCUT2D eigenvalue weighted by Crippen LogP contribution is 2.33. The summed E-state index contributed by atoms with van der Waals surface area (Å²) < 4.78 is 36.3. The summed E-state index contributed by atoms with van der Waals surface area (Å²) in [6.45, 7) is 3.50. The van der Waals surface area contributed by atoms with Gasteiger partial charge in [0.05, 0.1) is 5.01 Å². The average Bonchev–Trinajstić information content (AvgIpc) is 2.69. The van der Waals surface area contributed by atoms with E-state index in [9.17, 15) is 18.0 Å². The van der Waals surface area contributed by atoms with Crippen molar-refractivity contribution >= 4 is 28.9 Å². The molecule has 8 heteroatoms. The predicted octanol–water partition coefficient (Wildman–Crippen LogP) is 4.58. The fourth-order valence-corrected chi connectivity index (χ4v) is 2.08. The number of carboxylic acid groups (broad SMARTS) is 1. The van der Waals surface area contributed by atoms with E-state index in [0.29, 0.717) is 11.3 Å². The monoisotopic (exact) mass is 317 g/mol. The van der Waals surface area contributed by atoms with Crippen LogP contribution < -0.4 is 0 Å². The van der Waals surface area contributed by atoms with Crippen LogP contribution in [0.5, 0.6) is 0 Å². The number of alkyl halides is 4. The Labute approximate surface area is 118 Å². The molecule has 110 valence electrons. The van der Waals surface area contributed by atoms with Crippen LogP contribution in [0.15, 0.2) is 0 Å². The van der Waals surface area contributed by atoms with E-state index in [1.54, 1.807) is 0 Å². The lowest BCUT2D eigenvalue weighted by Crippen LogP contribution is -2.11. The largest absolute Gasteiger partial charge is 0.477 e. The zero-order chi connectivity index (χ0) is 15.1. The summed E-state index contributed by atoms with van der Waals surface area (Å²) >= 11 is 5.90. The molecule has 0 bridgehead atoms. The van der Waals surface area contributed by atoms with Gasteiger partial charge in [-0.3, -0.25) is 0 Å². The molecule has 0 amide bonds. The van der Waals surface area contributed by atoms with Crippen molar-refractivity contribution in [1.29, 1.82) is 0 Å². The molecule has 0 spiro atoms. The molecule has 0 fully saturated rings. The van der Waals surface area contributed by atoms with Crippen molar-refractivity contribution in [3.8, 4) is 0 Å². The Morgan fingerprint density at radius 3 is 2.26 bits per heavy atom. The molecular formula is C11H15ClF3NO2S. The molecule has 0 aliphatic rings. The number of unbranched alkanes of at least 4 members (excludes halogenated alkanes) is 2. The Kier molecular flexibility index (Phi) is 8.01. The van der Waals surface area contributed by atoms with Gasteiger partial charge in [-0.1, -0.05) is 19.8 Å². The number of hydrogen-bond donors (Lipinski definition) is 1. The van der Waals surface area contributed by atoms with Crippen LogP contribution in [0.2, 0.25) is 0 Å². The fraction of sp³-hybridized carbons (Fsp3) is 0.636. The van der Waals surface area contributed by atoms with E-state index in [-0.39, 0.29) is 5.01 Å². The first-order chi connectivity index (χ1) is 8.73. The Balaban J connectivity index is 0.000000459. The van der Waals surface area contributed by atoms with Crippen LogP contribution in [0.3, 0.4) is 0 Å². The summed E-state index contributed by atoms with van der Waals surface area (Å²) in [6, 6.07) is 0. The highest BCUT2D eigenvalue weighted by atomic mass is 35.5. The summed E-state index contributed by atoms with van der Waals surface area (Å²) in [4.78, 5) is 12.7. The Morgan fingerprint density at radius 2 is 2.00 bits per heavy atom. The van der Waals surface area contributed by atoms with Crippen LogP contribution >= 0.6 is 22.9 Å². The summed E-state index contributed by atoms with van der Waals surface area (Å²) in [5.41, 5.74) is -1.32. The smallest absolute Gasteiger partial charge is 0.435 e. The second kappa shape index (κ2) is 8.37. The van der Waals surface area contributed by atoms with Gasteiger partial charge >= 0.3 is 12.1 Å². The Bertz CT molecular complexity index is 403. The van der Waals surface area contributed by atoms with Gasteiger partial charge in [-0.15, -0.1) is 22.9 Å². The highest BCUT2D eigenvalue weighted by molar-refractivity contribution is 7.13. The van der Waals surface area contributed by atoms with Crippen molar-refractivity contribution in [2.24, 2.45) is 0 Å². The van der Waals surface area contributed by atoms with Crippen LogP contribution in [-0.4, -0.2) is 21.9 Å². The average molecular weight is 318 g/mol. The molecule has 1 aromatic heterocycles. The number of halogens is 4. The molecule has 0 aromatic carbocycles. The minimum atomic E-state index is -4.70. The first-order valence-electron chi connectivity index (χ1n) is 5.57. The zero-order valence-electron chi connectivity index (χ0n) is 10.6. The van der Waals surface area contributed by atoms with Gasteiger partial charge in [0, 0.05) is 5.88 Å². The maximum absolute atomic E-state index is 12.1. The topological polar surface area (TPSA) is 50.2 Å². The lowest BCUT2D eigenvalue weighted by atomic mass is 10.3. The van der Waals surface area contributed by atoms with Gasteiger partial charge < -0.3 is 5.11 Å². The molecule has 0 aliphatic carbocycles. The van der Waals surface area contributed by atoms with Crippen LogP contribution in [-0.2, 0) is 6.18 Å². The third kappa shape index (κ3) is 6.77. The van der Waals surface area contributed by atoms with Crippen molar-refractivity contribution in [2.75, 3.05) is 5.88 Å². The second-order valence-corrected chi connectivity index (χ2v) is 5.19. The molecule has 1 rings (SSSR count). The van der Waals surface area contributed by atoms with Gasteiger partial charge in [0.15, 0.2) is 5.69 Å². The summed E-state index contributed by atoms with van der Waals surface area (Å²) in [6.07, 6.45) is -0.966. The standard InChI is InChI=1S/C6H4F3NO2S.C5H11Cl/c1-2-10-4(6(7,8)9)3(13-2)5(11)12;1-2-3-4-5-6/h1H3,(H,11,12);2-5H2,1H3. The predicted molar refractivity (Wildman–Crippen MR) is 69.1 cm³/mol. The Hall–Kier alpha value is -0.820. The van der Waals surface area contributed by atoms with Gasteiger partial charge in [-0.2, -0.15) is 13.2 Å². The van der Waals surface area contributed by atoms with Crippen molar-refractivity contribution < 1.29 is 23.1 Å². The van der Waals surface area contributed by atoms with Gasteiger partial charge in [-0.25, -0.2) is 9.78 Å². The number of thiazole rings is 1. The molecule has 0 aliphatic heterocycles. The van der Waals surface area contributed by atoms with E-state index < -0.39 is 22.7 Å². The maximum atomic E-state index is 12.1. The lowest BCUT2D eigenvalue weighted by Gasteiger charge is -2.02. The fourth-order valence-electron chi connectivity index (χ4n) is 1.11. The summed E-state index contributed by atoms with van der Waals surface area (Å²) in [5, 5.41) is 8.50. The minimum absolute atomic E-state index is 0.0877. The van der Waals surface area contributed by atoms with Crippen LogP contribution in [0.4, 0.5) is 13.2 Å². The normalized spacial score (nSPS) is 10.8. The van der Waals surface area contributed by atoms with Crippen molar-refractivity contribution in [2.45, 2.75) is 39.3 Å². The van der Waals surface area contributed by atoms with Crippen molar-refractivity contribution in [1.82, 2.24) is 4.98 Å². The molecule has 0 saturated carbocycles. The van der Waals surface area contributed by atoms with Gasteiger partial charge in [0.2, 0.25) is 0 Å². The SMILES string of the molecule is CCCCCCl.Cc1nc(C(F)(F)F)c(C(=O)O)s1. The lowest BCUT2D eigenvalue weighted by molar-refractivity contribution is -0.141. The number of nitrogens with zero attached hydrogens (tertiary/aromatic N) is 1. The number of aromatic nitrogens is 1. The molecular weight excluding hydrogens is 303 g/mol. The van der Waals surface area contributed by atoms with Crippen molar-refractivity contribution in [3.05, 3.63) is 15.6 Å². The molecule has 1 N–H and O–H groups in total. The van der Waals surface area contributed by atoms with Crippen LogP contribution in [0.25, 0.3) is 0 Å². The quantitative estimate of drug-likeness (QED) is 0.653. The molecule has 0 saturated heterocycles.